The molecule has 1 rings (SSSR count). The van der Waals surface area contributed by atoms with E-state index in [1.165, 1.54) is 11.8 Å². The first-order valence-electron chi connectivity index (χ1n) is 12.3. The molecule has 37 heavy (non-hydrogen) atoms. The molecule has 11 heteroatoms. The first-order valence-corrected chi connectivity index (χ1v) is 16.4. The van der Waals surface area contributed by atoms with Crippen LogP contribution in [0.4, 0.5) is 0 Å². The number of hydrogen-bond donors (Lipinski definition) is 2. The number of halogens is 1. The second kappa shape index (κ2) is 14.6. The topological polar surface area (TPSA) is 107 Å². The molecule has 1 amide bonds. The van der Waals surface area contributed by atoms with Crippen molar-refractivity contribution in [3.05, 3.63) is 35.9 Å². The van der Waals surface area contributed by atoms with Crippen LogP contribution in [0, 0.1) is 28.1 Å². The molecule has 0 aliphatic heterocycles. The Kier molecular flexibility index (Phi) is 13.5. The molecule has 3 atom stereocenters. The smallest absolute Gasteiger partial charge is 0.265 e. The summed E-state index contributed by atoms with van der Waals surface area (Å²) in [4.78, 5) is 13.6. The van der Waals surface area contributed by atoms with E-state index in [1.807, 2.05) is 72.1 Å². The van der Waals surface area contributed by atoms with Crippen molar-refractivity contribution < 1.29 is 22.2 Å². The Hall–Kier alpha value is -0.780. The van der Waals surface area contributed by atoms with Crippen molar-refractivity contribution in [2.75, 3.05) is 39.5 Å². The molecule has 7 nitrogen and oxygen atoms in total. The second-order valence-electron chi connectivity index (χ2n) is 11.1. The van der Waals surface area contributed by atoms with Crippen LogP contribution in [-0.4, -0.2) is 70.3 Å². The highest BCUT2D eigenvalue weighted by Gasteiger charge is 2.44. The molecule has 0 radical (unpaired) electrons. The Balaban J connectivity index is 2.89. The number of carbonyl (C=O) groups is 1. The van der Waals surface area contributed by atoms with Crippen LogP contribution in [0.5, 0.6) is 0 Å². The molecular formula is C26H41IN3O4S3+. The summed E-state index contributed by atoms with van der Waals surface area (Å²) in [6.45, 7) is 9.63. The van der Waals surface area contributed by atoms with Gasteiger partial charge in [0.15, 0.2) is 0 Å². The third-order valence-electron chi connectivity index (χ3n) is 6.88. The number of carbonyl (C=O) groups excluding carboxylic acids is 1. The van der Waals surface area contributed by atoms with Crippen molar-refractivity contribution in [2.24, 2.45) is 16.7 Å². The summed E-state index contributed by atoms with van der Waals surface area (Å²) in [5, 5.41) is 12.8. The normalized spacial score (nSPS) is 15.8. The Morgan fingerprint density at radius 2 is 1.78 bits per heavy atom. The maximum absolute atomic E-state index is 13.6. The van der Waals surface area contributed by atoms with E-state index in [0.29, 0.717) is 30.4 Å². The van der Waals surface area contributed by atoms with Crippen molar-refractivity contribution in [3.63, 3.8) is 0 Å². The fourth-order valence-electron chi connectivity index (χ4n) is 3.85. The number of thiocarbonyl (C=S) groups is 1. The fourth-order valence-corrected chi connectivity index (χ4v) is 7.51. The molecule has 0 bridgehead atoms. The van der Waals surface area contributed by atoms with Gasteiger partial charge in [-0.15, -0.1) is 0 Å². The van der Waals surface area contributed by atoms with Gasteiger partial charge in [-0.25, -0.2) is 0 Å². The van der Waals surface area contributed by atoms with Crippen LogP contribution in [0.1, 0.15) is 52.5 Å². The average molecular weight is 683 g/mol. The lowest BCUT2D eigenvalue weighted by molar-refractivity contribution is -0.890. The van der Waals surface area contributed by atoms with E-state index in [1.54, 1.807) is 0 Å². The summed E-state index contributed by atoms with van der Waals surface area (Å²) in [5.41, 5.74) is -0.393. The highest BCUT2D eigenvalue weighted by molar-refractivity contribution is 14.1. The first kappa shape index (κ1) is 34.2. The predicted octanol–water partition coefficient (Wildman–Crippen LogP) is 5.30. The minimum Gasteiger partial charge on any atom is -0.355 e. The molecule has 0 heterocycles. The fraction of sp³-hybridized carbons (Fsp3) is 0.654. The van der Waals surface area contributed by atoms with Crippen LogP contribution in [0.15, 0.2) is 30.3 Å². The van der Waals surface area contributed by atoms with E-state index in [9.17, 15) is 18.5 Å². The lowest BCUT2D eigenvalue weighted by Crippen LogP contribution is -2.47. The number of thioether (sulfide) groups is 1. The molecule has 0 saturated heterocycles. The quantitative estimate of drug-likeness (QED) is 0.0646. The lowest BCUT2D eigenvalue weighted by atomic mass is 9.71. The van der Waals surface area contributed by atoms with E-state index < -0.39 is 20.9 Å². The van der Waals surface area contributed by atoms with Gasteiger partial charge in [-0.1, -0.05) is 83.8 Å². The number of nitrogens with zero attached hydrogens (tertiary/aromatic N) is 2. The number of alkyl halides is 1. The van der Waals surface area contributed by atoms with Gasteiger partial charge in [0.1, 0.15) is 0 Å². The molecule has 0 spiro atoms. The third-order valence-corrected chi connectivity index (χ3v) is 11.5. The van der Waals surface area contributed by atoms with E-state index in [2.05, 4.69) is 34.0 Å². The summed E-state index contributed by atoms with van der Waals surface area (Å²) in [6.07, 6.45) is 1.63. The van der Waals surface area contributed by atoms with Crippen LogP contribution in [0.3, 0.4) is 0 Å². The zero-order valence-corrected chi connectivity index (χ0v) is 27.3. The van der Waals surface area contributed by atoms with Crippen LogP contribution in [-0.2, 0) is 14.9 Å². The maximum atomic E-state index is 13.6. The number of hydrogen-bond acceptors (Lipinski definition) is 6. The summed E-state index contributed by atoms with van der Waals surface area (Å²) in [5.74, 6) is -0.331. The second-order valence-corrected chi connectivity index (χ2v) is 16.5. The van der Waals surface area contributed by atoms with Gasteiger partial charge in [-0.05, 0) is 38.7 Å². The summed E-state index contributed by atoms with van der Waals surface area (Å²) in [6, 6.07) is 12.1. The Morgan fingerprint density at radius 1 is 1.22 bits per heavy atom. The Morgan fingerprint density at radius 3 is 2.32 bits per heavy atom. The van der Waals surface area contributed by atoms with E-state index in [-0.39, 0.29) is 20.8 Å². The van der Waals surface area contributed by atoms with E-state index >= 15 is 0 Å². The minimum atomic E-state index is -3.96. The van der Waals surface area contributed by atoms with Gasteiger partial charge in [0.05, 0.1) is 57.3 Å². The standard InChI is InChI=1S/C26H40IN3O4S3/c1-20(25(2,3)19-28)18-26(4,23(27)36-22(35)21-12-8-7-9-13-21)24(31)29-14-10-15-30(5,6)16-11-17-37(32,33)34/h7-9,12-13,20,23H,10-11,14-18H2,1-6H3,(H-,29,31,32,33,34)/p+1. The van der Waals surface area contributed by atoms with Gasteiger partial charge in [0.2, 0.25) is 5.91 Å². The highest BCUT2D eigenvalue weighted by Crippen LogP contribution is 2.45. The largest absolute Gasteiger partial charge is 0.355 e. The van der Waals surface area contributed by atoms with Crippen molar-refractivity contribution in [2.45, 2.75) is 50.2 Å². The number of rotatable bonds is 15. The van der Waals surface area contributed by atoms with Crippen LogP contribution >= 0.6 is 46.6 Å². The van der Waals surface area contributed by atoms with Crippen molar-refractivity contribution in [1.82, 2.24) is 5.32 Å². The Labute approximate surface area is 246 Å². The summed E-state index contributed by atoms with van der Waals surface area (Å²) < 4.78 is 32.1. The third kappa shape index (κ3) is 11.9. The van der Waals surface area contributed by atoms with Crippen molar-refractivity contribution in [3.8, 4) is 6.07 Å². The van der Waals surface area contributed by atoms with Crippen LogP contribution in [0.25, 0.3) is 0 Å². The zero-order chi connectivity index (χ0) is 28.5. The van der Waals surface area contributed by atoms with Crippen molar-refractivity contribution in [1.29, 1.82) is 5.26 Å². The monoisotopic (exact) mass is 682 g/mol. The number of nitrogens with one attached hydrogen (secondary N) is 1. The van der Waals surface area contributed by atoms with Crippen LogP contribution in [0.2, 0.25) is 0 Å². The van der Waals surface area contributed by atoms with E-state index in [0.717, 1.165) is 22.7 Å². The van der Waals surface area contributed by atoms with Gasteiger partial charge in [0.25, 0.3) is 10.1 Å². The van der Waals surface area contributed by atoms with Gasteiger partial charge < -0.3 is 9.80 Å². The molecule has 0 aliphatic rings. The summed E-state index contributed by atoms with van der Waals surface area (Å²) >= 11 is 9.50. The maximum Gasteiger partial charge on any atom is 0.265 e. The highest BCUT2D eigenvalue weighted by atomic mass is 127. The van der Waals surface area contributed by atoms with E-state index in [4.69, 9.17) is 16.8 Å². The summed E-state index contributed by atoms with van der Waals surface area (Å²) in [7, 11) is 0.0515. The molecule has 2 N–H and O–H groups in total. The van der Waals surface area contributed by atoms with Gasteiger partial charge >= 0.3 is 0 Å². The SMILES string of the molecule is CC(CC(C)(C(=O)NCCC[N+](C)(C)CCCS(=O)(=O)O)C(I)SC(=S)c1ccccc1)C(C)(C)C#N. The van der Waals surface area contributed by atoms with Crippen molar-refractivity contribution >= 4 is 66.8 Å². The Bertz CT molecular complexity index is 1060. The molecule has 0 fully saturated rings. The predicted molar refractivity (Wildman–Crippen MR) is 165 cm³/mol. The molecular weight excluding hydrogens is 641 g/mol. The van der Waals surface area contributed by atoms with Crippen LogP contribution < -0.4 is 5.32 Å². The zero-order valence-electron chi connectivity index (χ0n) is 22.7. The van der Waals surface area contributed by atoms with Gasteiger partial charge in [-0.3, -0.25) is 9.35 Å². The number of quaternary nitrogens is 1. The number of benzene rings is 1. The minimum absolute atomic E-state index is 0.0187. The molecule has 0 saturated carbocycles. The number of nitriles is 1. The molecule has 3 unspecified atom stereocenters. The molecule has 0 aliphatic carbocycles. The van der Waals surface area contributed by atoms with Gasteiger partial charge in [0, 0.05) is 19.4 Å². The molecule has 1 aromatic carbocycles. The number of amides is 1. The lowest BCUT2D eigenvalue weighted by Gasteiger charge is -2.38. The molecule has 1 aromatic rings. The molecule has 0 aromatic heterocycles. The first-order chi connectivity index (χ1) is 16.9. The van der Waals surface area contributed by atoms with Gasteiger partial charge in [-0.2, -0.15) is 13.7 Å². The average Bonchev–Trinajstić information content (AvgIpc) is 2.80. The molecule has 208 valence electrons.